The molecular formula is C16H17N3O2S. The van der Waals surface area contributed by atoms with Crippen LogP contribution in [0.5, 0.6) is 0 Å². The third-order valence-corrected chi connectivity index (χ3v) is 3.48. The van der Waals surface area contributed by atoms with E-state index in [4.69, 9.17) is 12.2 Å². The van der Waals surface area contributed by atoms with E-state index in [0.717, 1.165) is 5.56 Å². The highest BCUT2D eigenvalue weighted by atomic mass is 32.1. The first kappa shape index (κ1) is 15.9. The normalized spacial score (nSPS) is 11.5. The third kappa shape index (κ3) is 4.26. The van der Waals surface area contributed by atoms with Crippen molar-refractivity contribution in [3.63, 3.8) is 0 Å². The summed E-state index contributed by atoms with van der Waals surface area (Å²) in [5.41, 5.74) is 3.11. The van der Waals surface area contributed by atoms with E-state index in [1.54, 1.807) is 12.1 Å². The van der Waals surface area contributed by atoms with Crippen LogP contribution in [0.15, 0.2) is 48.5 Å². The standard InChI is InChI=1S/C16H17N3O2S/c1-11-3-5-13(6-4-11)12(2)17-16(22)18-14-7-9-15(10-8-14)19(20)21/h3-10,12H,1-2H3,(H2,17,18,22). The average molecular weight is 315 g/mol. The van der Waals surface area contributed by atoms with E-state index in [1.165, 1.54) is 17.7 Å². The van der Waals surface area contributed by atoms with Crippen molar-refractivity contribution in [2.75, 3.05) is 5.32 Å². The number of hydrogen-bond donors (Lipinski definition) is 2. The summed E-state index contributed by atoms with van der Waals surface area (Å²) in [6.07, 6.45) is 0. The molecule has 0 spiro atoms. The summed E-state index contributed by atoms with van der Waals surface area (Å²) in [5, 5.41) is 17.3. The number of nitro groups is 1. The lowest BCUT2D eigenvalue weighted by molar-refractivity contribution is -0.384. The van der Waals surface area contributed by atoms with Crippen LogP contribution in [-0.4, -0.2) is 10.0 Å². The molecule has 0 saturated carbocycles. The molecule has 0 saturated heterocycles. The zero-order valence-electron chi connectivity index (χ0n) is 12.4. The van der Waals surface area contributed by atoms with Gasteiger partial charge < -0.3 is 10.6 Å². The lowest BCUT2D eigenvalue weighted by Crippen LogP contribution is -2.30. The van der Waals surface area contributed by atoms with E-state index in [1.807, 2.05) is 13.8 Å². The van der Waals surface area contributed by atoms with Gasteiger partial charge in [-0.15, -0.1) is 0 Å². The van der Waals surface area contributed by atoms with Crippen LogP contribution in [0.25, 0.3) is 0 Å². The number of rotatable bonds is 4. The number of hydrogen-bond acceptors (Lipinski definition) is 3. The lowest BCUT2D eigenvalue weighted by Gasteiger charge is -2.17. The van der Waals surface area contributed by atoms with Crippen molar-refractivity contribution in [1.29, 1.82) is 0 Å². The van der Waals surface area contributed by atoms with Crippen LogP contribution in [0.4, 0.5) is 11.4 Å². The SMILES string of the molecule is Cc1ccc(C(C)NC(=S)Nc2ccc([N+](=O)[O-])cc2)cc1. The van der Waals surface area contributed by atoms with Gasteiger partial charge in [-0.2, -0.15) is 0 Å². The van der Waals surface area contributed by atoms with Gasteiger partial charge in [0.25, 0.3) is 5.69 Å². The number of anilines is 1. The number of nitro benzene ring substituents is 1. The molecule has 0 heterocycles. The van der Waals surface area contributed by atoms with Crippen LogP contribution in [0.2, 0.25) is 0 Å². The van der Waals surface area contributed by atoms with Crippen LogP contribution >= 0.6 is 12.2 Å². The molecule has 0 aromatic heterocycles. The van der Waals surface area contributed by atoms with E-state index < -0.39 is 4.92 Å². The van der Waals surface area contributed by atoms with Gasteiger partial charge in [0.05, 0.1) is 11.0 Å². The first-order valence-electron chi connectivity index (χ1n) is 6.84. The molecule has 2 aromatic rings. The van der Waals surface area contributed by atoms with Gasteiger partial charge in [-0.25, -0.2) is 0 Å². The van der Waals surface area contributed by atoms with Gasteiger partial charge in [0.1, 0.15) is 0 Å². The number of aryl methyl sites for hydroxylation is 1. The highest BCUT2D eigenvalue weighted by molar-refractivity contribution is 7.80. The van der Waals surface area contributed by atoms with E-state index in [0.29, 0.717) is 10.8 Å². The first-order valence-corrected chi connectivity index (χ1v) is 7.25. The third-order valence-electron chi connectivity index (χ3n) is 3.26. The van der Waals surface area contributed by atoms with Crippen molar-refractivity contribution in [2.24, 2.45) is 0 Å². The second kappa shape index (κ2) is 7.00. The average Bonchev–Trinajstić information content (AvgIpc) is 2.48. The topological polar surface area (TPSA) is 67.2 Å². The fourth-order valence-corrected chi connectivity index (χ4v) is 2.26. The second-order valence-electron chi connectivity index (χ2n) is 5.03. The molecule has 1 unspecified atom stereocenters. The van der Waals surface area contributed by atoms with Crippen LogP contribution in [-0.2, 0) is 0 Å². The summed E-state index contributed by atoms with van der Waals surface area (Å²) in [7, 11) is 0. The summed E-state index contributed by atoms with van der Waals surface area (Å²) < 4.78 is 0. The Balaban J connectivity index is 1.94. The molecule has 0 bridgehead atoms. The Morgan fingerprint density at radius 3 is 2.27 bits per heavy atom. The Labute approximate surface area is 134 Å². The maximum absolute atomic E-state index is 10.6. The Bertz CT molecular complexity index is 669. The minimum atomic E-state index is -0.431. The number of non-ortho nitro benzene ring substituents is 1. The molecule has 0 aliphatic carbocycles. The van der Waals surface area contributed by atoms with Crippen molar-refractivity contribution in [3.05, 3.63) is 69.8 Å². The van der Waals surface area contributed by atoms with Crippen molar-refractivity contribution < 1.29 is 4.92 Å². The monoisotopic (exact) mass is 315 g/mol. The summed E-state index contributed by atoms with van der Waals surface area (Å²) in [4.78, 5) is 10.2. The maximum Gasteiger partial charge on any atom is 0.269 e. The molecule has 114 valence electrons. The van der Waals surface area contributed by atoms with E-state index >= 15 is 0 Å². The summed E-state index contributed by atoms with van der Waals surface area (Å²) in [6, 6.07) is 14.4. The number of nitrogens with zero attached hydrogens (tertiary/aromatic N) is 1. The summed E-state index contributed by atoms with van der Waals surface area (Å²) in [6.45, 7) is 4.07. The van der Waals surface area contributed by atoms with Crippen molar-refractivity contribution >= 4 is 28.7 Å². The highest BCUT2D eigenvalue weighted by Gasteiger charge is 2.08. The minimum absolute atomic E-state index is 0.0532. The van der Waals surface area contributed by atoms with Gasteiger partial charge in [0.15, 0.2) is 5.11 Å². The van der Waals surface area contributed by atoms with Crippen molar-refractivity contribution in [2.45, 2.75) is 19.9 Å². The Hall–Kier alpha value is -2.47. The molecule has 0 aliphatic heterocycles. The van der Waals surface area contributed by atoms with E-state index in [-0.39, 0.29) is 11.7 Å². The highest BCUT2D eigenvalue weighted by Crippen LogP contribution is 2.16. The van der Waals surface area contributed by atoms with Crippen molar-refractivity contribution in [1.82, 2.24) is 5.32 Å². The quantitative estimate of drug-likeness (QED) is 0.508. The summed E-state index contributed by atoms with van der Waals surface area (Å²) >= 11 is 5.27. The number of thiocarbonyl (C=S) groups is 1. The zero-order valence-corrected chi connectivity index (χ0v) is 13.2. The Kier molecular flexibility index (Phi) is 5.06. The second-order valence-corrected chi connectivity index (χ2v) is 5.44. The molecule has 22 heavy (non-hydrogen) atoms. The van der Waals surface area contributed by atoms with Gasteiger partial charge in [-0.3, -0.25) is 10.1 Å². The van der Waals surface area contributed by atoms with E-state index in [9.17, 15) is 10.1 Å². The molecule has 0 radical (unpaired) electrons. The van der Waals surface area contributed by atoms with Crippen LogP contribution < -0.4 is 10.6 Å². The minimum Gasteiger partial charge on any atom is -0.356 e. The van der Waals surface area contributed by atoms with Gasteiger partial charge >= 0.3 is 0 Å². The first-order chi connectivity index (χ1) is 10.5. The number of nitrogens with one attached hydrogen (secondary N) is 2. The molecule has 6 heteroatoms. The van der Waals surface area contributed by atoms with Gasteiger partial charge in [0, 0.05) is 17.8 Å². The zero-order chi connectivity index (χ0) is 16.1. The Morgan fingerprint density at radius 1 is 1.14 bits per heavy atom. The van der Waals surface area contributed by atoms with Crippen LogP contribution in [0.1, 0.15) is 24.1 Å². The molecular weight excluding hydrogens is 298 g/mol. The van der Waals surface area contributed by atoms with Gasteiger partial charge in [-0.05, 0) is 43.8 Å². The fraction of sp³-hybridized carbons (Fsp3) is 0.188. The van der Waals surface area contributed by atoms with Crippen LogP contribution in [0, 0.1) is 17.0 Å². The Morgan fingerprint density at radius 2 is 1.73 bits per heavy atom. The maximum atomic E-state index is 10.6. The predicted molar refractivity (Wildman–Crippen MR) is 92.0 cm³/mol. The molecule has 2 rings (SSSR count). The molecule has 0 fully saturated rings. The molecule has 0 amide bonds. The molecule has 2 N–H and O–H groups in total. The molecule has 2 aromatic carbocycles. The van der Waals surface area contributed by atoms with E-state index in [2.05, 4.69) is 34.9 Å². The van der Waals surface area contributed by atoms with Crippen LogP contribution in [0.3, 0.4) is 0 Å². The predicted octanol–water partition coefficient (Wildman–Crippen LogP) is 3.95. The largest absolute Gasteiger partial charge is 0.356 e. The van der Waals surface area contributed by atoms with Crippen molar-refractivity contribution in [3.8, 4) is 0 Å². The smallest absolute Gasteiger partial charge is 0.269 e. The molecule has 0 aliphatic rings. The summed E-state index contributed by atoms with van der Waals surface area (Å²) in [5.74, 6) is 0. The van der Waals surface area contributed by atoms with Gasteiger partial charge in [0.2, 0.25) is 0 Å². The lowest BCUT2D eigenvalue weighted by atomic mass is 10.1. The van der Waals surface area contributed by atoms with Gasteiger partial charge in [-0.1, -0.05) is 29.8 Å². The fourth-order valence-electron chi connectivity index (χ4n) is 1.97. The number of benzene rings is 2. The molecule has 1 atom stereocenters. The molecule has 5 nitrogen and oxygen atoms in total.